The van der Waals surface area contributed by atoms with E-state index in [1.807, 2.05) is 31.3 Å². The van der Waals surface area contributed by atoms with Gasteiger partial charge in [-0.2, -0.15) is 5.21 Å². The Kier molecular flexibility index (Phi) is 6.62. The van der Waals surface area contributed by atoms with Gasteiger partial charge in [-0.1, -0.05) is 35.0 Å². The maximum atomic E-state index is 13.1. The van der Waals surface area contributed by atoms with Crippen molar-refractivity contribution in [1.82, 2.24) is 30.8 Å². The molecule has 0 radical (unpaired) electrons. The molecule has 1 aromatic heterocycles. The van der Waals surface area contributed by atoms with E-state index in [4.69, 9.17) is 11.6 Å². The van der Waals surface area contributed by atoms with Crippen molar-refractivity contribution in [2.24, 2.45) is 5.92 Å². The lowest BCUT2D eigenvalue weighted by atomic mass is 9.88. The molecule has 3 amide bonds. The number of aromatic nitrogens is 4. The Morgan fingerprint density at radius 3 is 2.59 bits per heavy atom. The van der Waals surface area contributed by atoms with Gasteiger partial charge in [-0.15, -0.1) is 10.2 Å². The number of likely N-dealkylation sites (tertiary alicyclic amines) is 1. The molecule has 4 N–H and O–H groups in total. The Balaban J connectivity index is 1.38. The summed E-state index contributed by atoms with van der Waals surface area (Å²) in [6.07, 6.45) is 0. The van der Waals surface area contributed by atoms with Crippen molar-refractivity contribution in [3.8, 4) is 0 Å². The van der Waals surface area contributed by atoms with Gasteiger partial charge in [-0.25, -0.2) is 4.79 Å². The minimum absolute atomic E-state index is 0.0620. The van der Waals surface area contributed by atoms with Gasteiger partial charge in [0.2, 0.25) is 5.91 Å². The van der Waals surface area contributed by atoms with Crippen LogP contribution in [0.3, 0.4) is 0 Å². The lowest BCUT2D eigenvalue weighted by molar-refractivity contribution is -0.119. The van der Waals surface area contributed by atoms with Crippen molar-refractivity contribution >= 4 is 34.9 Å². The molecule has 11 heteroatoms. The van der Waals surface area contributed by atoms with Crippen LogP contribution in [0.5, 0.6) is 0 Å². The predicted octanol–water partition coefficient (Wildman–Crippen LogP) is 2.46. The normalized spacial score (nSPS) is 18.3. The number of nitrogens with one attached hydrogen (secondary N) is 4. The summed E-state index contributed by atoms with van der Waals surface area (Å²) in [6, 6.07) is 14.2. The summed E-state index contributed by atoms with van der Waals surface area (Å²) in [6.45, 7) is 1.59. The van der Waals surface area contributed by atoms with E-state index in [1.54, 1.807) is 24.3 Å². The van der Waals surface area contributed by atoms with Gasteiger partial charge in [0.05, 0.1) is 12.5 Å². The second kappa shape index (κ2) is 9.75. The molecule has 1 fully saturated rings. The molecule has 166 valence electrons. The first-order valence-electron chi connectivity index (χ1n) is 10.1. The Hall–Kier alpha value is -3.50. The van der Waals surface area contributed by atoms with E-state index in [0.717, 1.165) is 12.1 Å². The van der Waals surface area contributed by atoms with Gasteiger partial charge >= 0.3 is 6.03 Å². The van der Waals surface area contributed by atoms with E-state index in [1.165, 1.54) is 0 Å². The molecule has 1 aliphatic heterocycles. The molecule has 10 nitrogen and oxygen atoms in total. The van der Waals surface area contributed by atoms with E-state index in [-0.39, 0.29) is 24.3 Å². The van der Waals surface area contributed by atoms with Gasteiger partial charge in [0.1, 0.15) is 0 Å². The Bertz CT molecular complexity index is 1070. The number of likely N-dealkylation sites (N-methyl/N-ethyl adjacent to an activating group) is 1. The predicted molar refractivity (Wildman–Crippen MR) is 120 cm³/mol. The summed E-state index contributed by atoms with van der Waals surface area (Å²) in [5.41, 5.74) is 2.24. The highest BCUT2D eigenvalue weighted by Gasteiger charge is 2.37. The van der Waals surface area contributed by atoms with Gasteiger partial charge < -0.3 is 20.9 Å². The number of aromatic amines is 1. The fourth-order valence-corrected chi connectivity index (χ4v) is 3.94. The van der Waals surface area contributed by atoms with E-state index in [2.05, 4.69) is 41.5 Å². The molecule has 1 aliphatic rings. The lowest BCUT2D eigenvalue weighted by Gasteiger charge is -2.19. The van der Waals surface area contributed by atoms with Gasteiger partial charge in [0, 0.05) is 35.4 Å². The minimum atomic E-state index is -0.418. The van der Waals surface area contributed by atoms with Crippen LogP contribution in [0, 0.1) is 5.92 Å². The SMILES string of the molecule is CN1C[C@@H](C(=O)Nc2cccc(NC(=O)NCc3nn[nH]n3)c2)[C@H](c2ccc(Cl)cc2)C1. The number of hydrogen-bond acceptors (Lipinski definition) is 6. The molecule has 32 heavy (non-hydrogen) atoms. The maximum Gasteiger partial charge on any atom is 0.319 e. The van der Waals surface area contributed by atoms with Crippen molar-refractivity contribution in [2.45, 2.75) is 12.5 Å². The van der Waals surface area contributed by atoms with Crippen LogP contribution >= 0.6 is 11.6 Å². The number of amides is 3. The van der Waals surface area contributed by atoms with E-state index in [0.29, 0.717) is 28.8 Å². The zero-order valence-corrected chi connectivity index (χ0v) is 18.1. The number of H-pyrrole nitrogens is 1. The molecule has 1 saturated heterocycles. The van der Waals surface area contributed by atoms with Crippen LogP contribution in [-0.4, -0.2) is 57.6 Å². The summed E-state index contributed by atoms with van der Waals surface area (Å²) >= 11 is 6.02. The molecule has 3 aromatic rings. The van der Waals surface area contributed by atoms with Crippen molar-refractivity contribution in [3.63, 3.8) is 0 Å². The Labute approximate surface area is 189 Å². The molecular weight excluding hydrogens is 432 g/mol. The van der Waals surface area contributed by atoms with Crippen molar-refractivity contribution in [2.75, 3.05) is 30.8 Å². The van der Waals surface area contributed by atoms with Crippen LogP contribution in [0.2, 0.25) is 5.02 Å². The molecule has 2 heterocycles. The number of urea groups is 1. The van der Waals surface area contributed by atoms with Gasteiger partial charge in [-0.3, -0.25) is 4.79 Å². The quantitative estimate of drug-likeness (QED) is 0.453. The highest BCUT2D eigenvalue weighted by molar-refractivity contribution is 6.30. The monoisotopic (exact) mass is 454 g/mol. The Morgan fingerprint density at radius 2 is 1.88 bits per heavy atom. The molecule has 0 aliphatic carbocycles. The first-order valence-corrected chi connectivity index (χ1v) is 10.5. The van der Waals surface area contributed by atoms with Crippen LogP contribution in [0.4, 0.5) is 16.2 Å². The Morgan fingerprint density at radius 1 is 1.12 bits per heavy atom. The zero-order chi connectivity index (χ0) is 22.5. The molecule has 2 atom stereocenters. The number of carbonyl (C=O) groups is 2. The first kappa shape index (κ1) is 21.7. The van der Waals surface area contributed by atoms with Crippen molar-refractivity contribution < 1.29 is 9.59 Å². The summed E-state index contributed by atoms with van der Waals surface area (Å²) < 4.78 is 0. The number of halogens is 1. The zero-order valence-electron chi connectivity index (χ0n) is 17.4. The van der Waals surface area contributed by atoms with Crippen molar-refractivity contribution in [3.05, 3.63) is 64.9 Å². The van der Waals surface area contributed by atoms with Crippen LogP contribution in [0.15, 0.2) is 48.5 Å². The van der Waals surface area contributed by atoms with Crippen molar-refractivity contribution in [1.29, 1.82) is 0 Å². The number of hydrogen-bond donors (Lipinski definition) is 4. The fraction of sp³-hybridized carbons (Fsp3) is 0.286. The number of nitrogens with zero attached hydrogens (tertiary/aromatic N) is 4. The van der Waals surface area contributed by atoms with E-state index >= 15 is 0 Å². The van der Waals surface area contributed by atoms with E-state index < -0.39 is 6.03 Å². The summed E-state index contributed by atoms with van der Waals surface area (Å²) in [5.74, 6) is 0.191. The second-order valence-electron chi connectivity index (χ2n) is 7.69. The first-order chi connectivity index (χ1) is 15.5. The lowest BCUT2D eigenvalue weighted by Crippen LogP contribution is -2.29. The highest BCUT2D eigenvalue weighted by atomic mass is 35.5. The van der Waals surface area contributed by atoms with Crippen LogP contribution in [-0.2, 0) is 11.3 Å². The van der Waals surface area contributed by atoms with Gasteiger partial charge in [0.25, 0.3) is 0 Å². The summed E-state index contributed by atoms with van der Waals surface area (Å²) in [4.78, 5) is 27.3. The molecule has 2 aromatic carbocycles. The molecule has 4 rings (SSSR count). The number of rotatable bonds is 6. The summed E-state index contributed by atoms with van der Waals surface area (Å²) in [5, 5.41) is 22.3. The summed E-state index contributed by atoms with van der Waals surface area (Å²) in [7, 11) is 2.01. The second-order valence-corrected chi connectivity index (χ2v) is 8.13. The topological polar surface area (TPSA) is 128 Å². The third-order valence-electron chi connectivity index (χ3n) is 5.32. The van der Waals surface area contributed by atoms with E-state index in [9.17, 15) is 9.59 Å². The number of benzene rings is 2. The van der Waals surface area contributed by atoms with Crippen LogP contribution in [0.1, 0.15) is 17.3 Å². The number of anilines is 2. The number of tetrazole rings is 1. The molecule has 0 bridgehead atoms. The highest BCUT2D eigenvalue weighted by Crippen LogP contribution is 2.33. The average Bonchev–Trinajstić information content (AvgIpc) is 3.43. The molecule has 0 spiro atoms. The molecule has 0 unspecified atom stereocenters. The third-order valence-corrected chi connectivity index (χ3v) is 5.57. The standard InChI is InChI=1S/C21H23ClN8O2/c1-30-11-17(13-5-7-14(22)8-6-13)18(12-30)20(31)24-15-3-2-4-16(9-15)25-21(32)23-10-19-26-28-29-27-19/h2-9,17-18H,10-12H2,1H3,(H,24,31)(H2,23,25,32)(H,26,27,28,29)/t17-,18+/m0/s1. The fourth-order valence-electron chi connectivity index (χ4n) is 3.82. The molecule has 0 saturated carbocycles. The maximum absolute atomic E-state index is 13.1. The molecular formula is C21H23ClN8O2. The minimum Gasteiger partial charge on any atom is -0.330 e. The van der Waals surface area contributed by atoms with Gasteiger partial charge in [-0.05, 0) is 42.9 Å². The van der Waals surface area contributed by atoms with Crippen LogP contribution in [0.25, 0.3) is 0 Å². The third kappa shape index (κ3) is 5.40. The smallest absolute Gasteiger partial charge is 0.319 e. The van der Waals surface area contributed by atoms with Gasteiger partial charge in [0.15, 0.2) is 5.82 Å². The number of carbonyl (C=O) groups excluding carboxylic acids is 2. The average molecular weight is 455 g/mol. The largest absolute Gasteiger partial charge is 0.330 e. The van der Waals surface area contributed by atoms with Crippen LogP contribution < -0.4 is 16.0 Å².